The summed E-state index contributed by atoms with van der Waals surface area (Å²) in [6.07, 6.45) is 0.858. The van der Waals surface area contributed by atoms with Crippen molar-refractivity contribution < 1.29 is 8.42 Å². The molecule has 0 fully saturated rings. The smallest absolute Gasteiger partial charge is 0.212 e. The predicted octanol–water partition coefficient (Wildman–Crippen LogP) is 2.12. The molecule has 1 atom stereocenters. The number of nitrogens with one attached hydrogen (secondary N) is 1. The lowest BCUT2D eigenvalue weighted by molar-refractivity contribution is 0.485. The molecule has 86 valence electrons. The Balaban J connectivity index is 4.32. The molecule has 1 N–H and O–H groups in total. The zero-order valence-corrected chi connectivity index (χ0v) is 11.7. The molecule has 0 aliphatic carbocycles. The van der Waals surface area contributed by atoms with E-state index in [1.807, 2.05) is 0 Å². The molecule has 0 rings (SSSR count). The molecule has 0 aromatic heterocycles. The molecule has 0 radical (unpaired) electrons. The predicted molar refractivity (Wildman–Crippen MR) is 64.2 cm³/mol. The highest BCUT2D eigenvalue weighted by atomic mass is 79.9. The molecule has 0 aromatic carbocycles. The van der Waals surface area contributed by atoms with Gasteiger partial charge in [0, 0.05) is 11.4 Å². The van der Waals surface area contributed by atoms with Crippen molar-refractivity contribution in [3.05, 3.63) is 0 Å². The fourth-order valence-electron chi connectivity index (χ4n) is 1.08. The van der Waals surface area contributed by atoms with Crippen LogP contribution in [-0.2, 0) is 10.0 Å². The minimum atomic E-state index is -3.14. The van der Waals surface area contributed by atoms with Crippen molar-refractivity contribution in [3.63, 3.8) is 0 Å². The lowest BCUT2D eigenvalue weighted by Gasteiger charge is -2.19. The molecular formula is C9H20BrNO2S. The Hall–Kier alpha value is 0.390. The molecule has 1 unspecified atom stereocenters. The fraction of sp³-hybridized carbons (Fsp3) is 1.00. The highest BCUT2D eigenvalue weighted by Gasteiger charge is 2.20. The molecule has 0 aliphatic heterocycles. The summed E-state index contributed by atoms with van der Waals surface area (Å²) in [4.78, 5) is 0. The Morgan fingerprint density at radius 2 is 1.71 bits per heavy atom. The van der Waals surface area contributed by atoms with Gasteiger partial charge in [-0.25, -0.2) is 13.1 Å². The first kappa shape index (κ1) is 14.4. The fourth-order valence-corrected chi connectivity index (χ4v) is 2.64. The average molecular weight is 286 g/mol. The average Bonchev–Trinajstić information content (AvgIpc) is 2.01. The van der Waals surface area contributed by atoms with Crippen LogP contribution in [0, 0.1) is 5.92 Å². The molecule has 0 heterocycles. The first-order chi connectivity index (χ1) is 6.29. The van der Waals surface area contributed by atoms with Crippen LogP contribution in [0.3, 0.4) is 0 Å². The molecular weight excluding hydrogens is 266 g/mol. The number of rotatable bonds is 6. The van der Waals surface area contributed by atoms with Crippen molar-refractivity contribution >= 4 is 26.0 Å². The molecule has 0 saturated heterocycles. The molecule has 0 saturated carbocycles. The van der Waals surface area contributed by atoms with E-state index in [-0.39, 0.29) is 11.3 Å². The quantitative estimate of drug-likeness (QED) is 0.760. The second-order valence-corrected chi connectivity index (χ2v) is 7.11. The summed E-state index contributed by atoms with van der Waals surface area (Å²) < 4.78 is 25.8. The van der Waals surface area contributed by atoms with E-state index in [1.165, 1.54) is 0 Å². The molecule has 0 bridgehead atoms. The van der Waals surface area contributed by atoms with Gasteiger partial charge in [-0.05, 0) is 26.2 Å². The van der Waals surface area contributed by atoms with E-state index < -0.39 is 10.0 Å². The summed E-state index contributed by atoms with van der Waals surface area (Å²) in [5.41, 5.74) is 0. The summed E-state index contributed by atoms with van der Waals surface area (Å²) in [6, 6.07) is 0.00222. The third-order valence-corrected chi connectivity index (χ3v) is 4.58. The van der Waals surface area contributed by atoms with Crippen LogP contribution in [0.5, 0.6) is 0 Å². The Bertz CT molecular complexity index is 250. The lowest BCUT2D eigenvalue weighted by Crippen LogP contribution is -2.40. The van der Waals surface area contributed by atoms with E-state index in [0.29, 0.717) is 11.2 Å². The van der Waals surface area contributed by atoms with E-state index in [9.17, 15) is 8.42 Å². The van der Waals surface area contributed by atoms with Gasteiger partial charge >= 0.3 is 0 Å². The topological polar surface area (TPSA) is 46.2 Å². The Labute approximate surface area is 95.8 Å². The Kier molecular flexibility index (Phi) is 6.25. The zero-order chi connectivity index (χ0) is 11.4. The number of alkyl halides is 1. The maximum Gasteiger partial charge on any atom is 0.214 e. The molecule has 5 heteroatoms. The number of hydrogen-bond donors (Lipinski definition) is 1. The van der Waals surface area contributed by atoms with Crippen LogP contribution in [0.2, 0.25) is 0 Å². The van der Waals surface area contributed by atoms with E-state index >= 15 is 0 Å². The summed E-state index contributed by atoms with van der Waals surface area (Å²) in [5.74, 6) is 0.493. The van der Waals surface area contributed by atoms with Crippen LogP contribution in [0.1, 0.15) is 34.1 Å². The van der Waals surface area contributed by atoms with Gasteiger partial charge in [0.2, 0.25) is 10.0 Å². The van der Waals surface area contributed by atoms with E-state index in [4.69, 9.17) is 0 Å². The van der Waals surface area contributed by atoms with Crippen LogP contribution in [0.15, 0.2) is 0 Å². The van der Waals surface area contributed by atoms with Gasteiger partial charge in [-0.2, -0.15) is 0 Å². The van der Waals surface area contributed by atoms with Gasteiger partial charge in [-0.1, -0.05) is 29.8 Å². The monoisotopic (exact) mass is 285 g/mol. The minimum Gasteiger partial charge on any atom is -0.212 e. The third kappa shape index (κ3) is 5.32. The van der Waals surface area contributed by atoms with Gasteiger partial charge in [0.1, 0.15) is 0 Å². The summed E-state index contributed by atoms with van der Waals surface area (Å²) in [7, 11) is -3.14. The second kappa shape index (κ2) is 6.08. The van der Waals surface area contributed by atoms with Crippen molar-refractivity contribution in [2.24, 2.45) is 5.92 Å². The lowest BCUT2D eigenvalue weighted by atomic mass is 10.1. The van der Waals surface area contributed by atoms with Gasteiger partial charge in [0.25, 0.3) is 0 Å². The first-order valence-electron chi connectivity index (χ1n) is 4.86. The van der Waals surface area contributed by atoms with Crippen LogP contribution in [-0.4, -0.2) is 25.0 Å². The highest BCUT2D eigenvalue weighted by molar-refractivity contribution is 9.09. The Morgan fingerprint density at radius 1 is 1.21 bits per heavy atom. The normalized spacial score (nSPS) is 15.1. The van der Waals surface area contributed by atoms with Gasteiger partial charge in [-0.3, -0.25) is 0 Å². The SMILES string of the molecule is CC(C)CC(CBr)NS(=O)(=O)C(C)C. The van der Waals surface area contributed by atoms with Crippen LogP contribution < -0.4 is 4.72 Å². The minimum absolute atomic E-state index is 0.00222. The third-order valence-electron chi connectivity index (χ3n) is 1.89. The van der Waals surface area contributed by atoms with Gasteiger partial charge in [0.05, 0.1) is 5.25 Å². The van der Waals surface area contributed by atoms with Gasteiger partial charge in [0.15, 0.2) is 0 Å². The van der Waals surface area contributed by atoms with Crippen molar-refractivity contribution in [3.8, 4) is 0 Å². The highest BCUT2D eigenvalue weighted by Crippen LogP contribution is 2.09. The molecule has 0 aromatic rings. The standard InChI is InChI=1S/C9H20BrNO2S/c1-7(2)5-9(6-10)11-14(12,13)8(3)4/h7-9,11H,5-6H2,1-4H3. The second-order valence-electron chi connectivity index (χ2n) is 4.19. The molecule has 0 aliphatic rings. The van der Waals surface area contributed by atoms with Crippen LogP contribution in [0.25, 0.3) is 0 Å². The van der Waals surface area contributed by atoms with Gasteiger partial charge in [-0.15, -0.1) is 0 Å². The van der Waals surface area contributed by atoms with Crippen molar-refractivity contribution in [1.29, 1.82) is 0 Å². The molecule has 3 nitrogen and oxygen atoms in total. The van der Waals surface area contributed by atoms with Crippen molar-refractivity contribution in [1.82, 2.24) is 4.72 Å². The van der Waals surface area contributed by atoms with Crippen LogP contribution in [0.4, 0.5) is 0 Å². The maximum absolute atomic E-state index is 11.5. The largest absolute Gasteiger partial charge is 0.214 e. The van der Waals surface area contributed by atoms with Crippen LogP contribution >= 0.6 is 15.9 Å². The number of sulfonamides is 1. The summed E-state index contributed by atoms with van der Waals surface area (Å²) in [5, 5.41) is 0.299. The van der Waals surface area contributed by atoms with E-state index in [1.54, 1.807) is 13.8 Å². The molecule has 14 heavy (non-hydrogen) atoms. The molecule has 0 spiro atoms. The number of hydrogen-bond acceptors (Lipinski definition) is 2. The van der Waals surface area contributed by atoms with Crippen molar-refractivity contribution in [2.45, 2.75) is 45.4 Å². The maximum atomic E-state index is 11.5. The summed E-state index contributed by atoms with van der Waals surface area (Å²) >= 11 is 3.32. The van der Waals surface area contributed by atoms with E-state index in [0.717, 1.165) is 6.42 Å². The number of halogens is 1. The van der Waals surface area contributed by atoms with Crippen molar-refractivity contribution in [2.75, 3.05) is 5.33 Å². The Morgan fingerprint density at radius 3 is 2.00 bits per heavy atom. The molecule has 0 amide bonds. The first-order valence-corrected chi connectivity index (χ1v) is 7.53. The van der Waals surface area contributed by atoms with E-state index in [2.05, 4.69) is 34.5 Å². The zero-order valence-electron chi connectivity index (χ0n) is 9.25. The summed E-state index contributed by atoms with van der Waals surface area (Å²) in [6.45, 7) is 7.53. The van der Waals surface area contributed by atoms with Gasteiger partial charge < -0.3 is 0 Å².